The second kappa shape index (κ2) is 7.48. The van der Waals surface area contributed by atoms with E-state index >= 15 is 0 Å². The molecule has 0 spiro atoms. The number of amides is 1. The molecule has 0 saturated heterocycles. The Morgan fingerprint density at radius 1 is 1.00 bits per heavy atom. The summed E-state index contributed by atoms with van der Waals surface area (Å²) in [5, 5.41) is 2.89. The van der Waals surface area contributed by atoms with Crippen molar-refractivity contribution in [3.8, 4) is 5.75 Å². The summed E-state index contributed by atoms with van der Waals surface area (Å²) in [7, 11) is 0. The maximum atomic E-state index is 11.9. The standard InChI is InChI=1S/C18H21NO2/c1-3-14-9-11-16(12-10-14)21-13-18(20)19-17-8-6-5-7-15(17)4-2/h5-12H,3-4,13H2,1-2H3,(H,19,20). The lowest BCUT2D eigenvalue weighted by atomic mass is 10.1. The average Bonchev–Trinajstić information content (AvgIpc) is 2.54. The summed E-state index contributed by atoms with van der Waals surface area (Å²) in [6.45, 7) is 4.19. The number of anilines is 1. The van der Waals surface area contributed by atoms with Crippen molar-refractivity contribution in [1.29, 1.82) is 0 Å². The Bertz CT molecular complexity index is 590. The summed E-state index contributed by atoms with van der Waals surface area (Å²) < 4.78 is 5.50. The highest BCUT2D eigenvalue weighted by Crippen LogP contribution is 2.16. The van der Waals surface area contributed by atoms with Crippen LogP contribution in [0.5, 0.6) is 5.75 Å². The van der Waals surface area contributed by atoms with Gasteiger partial charge in [0.05, 0.1) is 0 Å². The van der Waals surface area contributed by atoms with Gasteiger partial charge in [-0.1, -0.05) is 44.2 Å². The number of carbonyl (C=O) groups is 1. The lowest BCUT2D eigenvalue weighted by Gasteiger charge is -2.10. The van der Waals surface area contributed by atoms with Gasteiger partial charge in [0.25, 0.3) is 5.91 Å². The van der Waals surface area contributed by atoms with Crippen molar-refractivity contribution in [2.24, 2.45) is 0 Å². The molecule has 0 atom stereocenters. The summed E-state index contributed by atoms with van der Waals surface area (Å²) >= 11 is 0. The SMILES string of the molecule is CCc1ccc(OCC(=O)Nc2ccccc2CC)cc1. The molecule has 0 aliphatic heterocycles. The van der Waals surface area contributed by atoms with Gasteiger partial charge in [0.15, 0.2) is 6.61 Å². The number of hydrogen-bond donors (Lipinski definition) is 1. The van der Waals surface area contributed by atoms with Crippen molar-refractivity contribution in [3.05, 3.63) is 59.7 Å². The molecule has 0 saturated carbocycles. The molecule has 3 nitrogen and oxygen atoms in total. The van der Waals surface area contributed by atoms with E-state index in [9.17, 15) is 4.79 Å². The summed E-state index contributed by atoms with van der Waals surface area (Å²) in [6, 6.07) is 15.6. The molecule has 3 heteroatoms. The van der Waals surface area contributed by atoms with Gasteiger partial charge in [-0.2, -0.15) is 0 Å². The lowest BCUT2D eigenvalue weighted by Crippen LogP contribution is -2.20. The third-order valence-corrected chi connectivity index (χ3v) is 3.37. The Balaban J connectivity index is 1.89. The predicted molar refractivity (Wildman–Crippen MR) is 85.8 cm³/mol. The number of nitrogens with one attached hydrogen (secondary N) is 1. The predicted octanol–water partition coefficient (Wildman–Crippen LogP) is 3.83. The molecule has 0 aliphatic carbocycles. The Morgan fingerprint density at radius 3 is 2.38 bits per heavy atom. The molecule has 1 amide bonds. The van der Waals surface area contributed by atoms with E-state index in [-0.39, 0.29) is 12.5 Å². The van der Waals surface area contributed by atoms with Crippen molar-refractivity contribution in [2.45, 2.75) is 26.7 Å². The van der Waals surface area contributed by atoms with Crippen LogP contribution in [0.3, 0.4) is 0 Å². The van der Waals surface area contributed by atoms with Crippen LogP contribution in [-0.4, -0.2) is 12.5 Å². The molecule has 2 rings (SSSR count). The van der Waals surface area contributed by atoms with Crippen LogP contribution in [-0.2, 0) is 17.6 Å². The van der Waals surface area contributed by atoms with Crippen LogP contribution in [0.4, 0.5) is 5.69 Å². The first kappa shape index (κ1) is 15.1. The molecule has 0 aromatic heterocycles. The average molecular weight is 283 g/mol. The first-order valence-corrected chi connectivity index (χ1v) is 7.32. The Labute approximate surface area is 126 Å². The quantitative estimate of drug-likeness (QED) is 0.875. The van der Waals surface area contributed by atoms with E-state index in [0.29, 0.717) is 5.75 Å². The van der Waals surface area contributed by atoms with Gasteiger partial charge in [0, 0.05) is 5.69 Å². The molecule has 1 N–H and O–H groups in total. The zero-order chi connectivity index (χ0) is 15.1. The smallest absolute Gasteiger partial charge is 0.262 e. The van der Waals surface area contributed by atoms with E-state index in [2.05, 4.69) is 19.2 Å². The number of carbonyl (C=O) groups excluding carboxylic acids is 1. The van der Waals surface area contributed by atoms with Crippen molar-refractivity contribution in [2.75, 3.05) is 11.9 Å². The lowest BCUT2D eigenvalue weighted by molar-refractivity contribution is -0.118. The topological polar surface area (TPSA) is 38.3 Å². The Morgan fingerprint density at radius 2 is 1.71 bits per heavy atom. The molecule has 2 aromatic carbocycles. The van der Waals surface area contributed by atoms with Crippen LogP contribution < -0.4 is 10.1 Å². The molecule has 21 heavy (non-hydrogen) atoms. The second-order valence-corrected chi connectivity index (χ2v) is 4.85. The van der Waals surface area contributed by atoms with Crippen molar-refractivity contribution in [3.63, 3.8) is 0 Å². The van der Waals surface area contributed by atoms with Crippen LogP contribution >= 0.6 is 0 Å². The highest BCUT2D eigenvalue weighted by Gasteiger charge is 2.06. The maximum absolute atomic E-state index is 11.9. The minimum Gasteiger partial charge on any atom is -0.484 e. The summed E-state index contributed by atoms with van der Waals surface area (Å²) in [6.07, 6.45) is 1.88. The van der Waals surface area contributed by atoms with Crippen LogP contribution in [0.25, 0.3) is 0 Å². The zero-order valence-corrected chi connectivity index (χ0v) is 12.6. The van der Waals surface area contributed by atoms with Gasteiger partial charge in [0.2, 0.25) is 0 Å². The van der Waals surface area contributed by atoms with Crippen molar-refractivity contribution in [1.82, 2.24) is 0 Å². The van der Waals surface area contributed by atoms with Gasteiger partial charge < -0.3 is 10.1 Å². The van der Waals surface area contributed by atoms with Gasteiger partial charge in [-0.15, -0.1) is 0 Å². The fourth-order valence-corrected chi connectivity index (χ4v) is 2.11. The summed E-state index contributed by atoms with van der Waals surface area (Å²) in [5.74, 6) is 0.571. The van der Waals surface area contributed by atoms with Gasteiger partial charge in [-0.25, -0.2) is 0 Å². The number of benzene rings is 2. The molecule has 0 fully saturated rings. The fraction of sp³-hybridized carbons (Fsp3) is 0.278. The largest absolute Gasteiger partial charge is 0.484 e. The van der Waals surface area contributed by atoms with Crippen molar-refractivity contribution >= 4 is 11.6 Å². The highest BCUT2D eigenvalue weighted by molar-refractivity contribution is 5.92. The van der Waals surface area contributed by atoms with Crippen LogP contribution in [0.1, 0.15) is 25.0 Å². The molecular formula is C18H21NO2. The fourth-order valence-electron chi connectivity index (χ4n) is 2.11. The van der Waals surface area contributed by atoms with Crippen LogP contribution in [0, 0.1) is 0 Å². The van der Waals surface area contributed by atoms with E-state index in [1.807, 2.05) is 48.5 Å². The number of hydrogen-bond acceptors (Lipinski definition) is 2. The van der Waals surface area contributed by atoms with Gasteiger partial charge in [-0.05, 0) is 42.2 Å². The van der Waals surface area contributed by atoms with E-state index in [1.165, 1.54) is 5.56 Å². The second-order valence-electron chi connectivity index (χ2n) is 4.85. The van der Waals surface area contributed by atoms with Gasteiger partial charge in [0.1, 0.15) is 5.75 Å². The minimum atomic E-state index is -0.143. The molecule has 0 radical (unpaired) electrons. The Kier molecular flexibility index (Phi) is 5.38. The first-order chi connectivity index (χ1) is 10.2. The number of para-hydroxylation sites is 1. The van der Waals surface area contributed by atoms with E-state index in [1.54, 1.807) is 0 Å². The third-order valence-electron chi connectivity index (χ3n) is 3.37. The number of aryl methyl sites for hydroxylation is 2. The van der Waals surface area contributed by atoms with E-state index in [0.717, 1.165) is 24.1 Å². The van der Waals surface area contributed by atoms with Gasteiger partial charge >= 0.3 is 0 Å². The normalized spacial score (nSPS) is 10.2. The third kappa shape index (κ3) is 4.35. The van der Waals surface area contributed by atoms with Gasteiger partial charge in [-0.3, -0.25) is 4.79 Å². The maximum Gasteiger partial charge on any atom is 0.262 e. The minimum absolute atomic E-state index is 0.0174. The molecule has 2 aromatic rings. The first-order valence-electron chi connectivity index (χ1n) is 7.32. The highest BCUT2D eigenvalue weighted by atomic mass is 16.5. The van der Waals surface area contributed by atoms with Crippen LogP contribution in [0.2, 0.25) is 0 Å². The molecule has 0 aliphatic rings. The molecule has 0 unspecified atom stereocenters. The summed E-state index contributed by atoms with van der Waals surface area (Å²) in [4.78, 5) is 11.9. The van der Waals surface area contributed by atoms with E-state index in [4.69, 9.17) is 4.74 Å². The summed E-state index contributed by atoms with van der Waals surface area (Å²) in [5.41, 5.74) is 3.23. The Hall–Kier alpha value is -2.29. The number of rotatable bonds is 6. The molecular weight excluding hydrogens is 262 g/mol. The molecule has 110 valence electrons. The zero-order valence-electron chi connectivity index (χ0n) is 12.6. The number of ether oxygens (including phenoxy) is 1. The van der Waals surface area contributed by atoms with E-state index < -0.39 is 0 Å². The molecule has 0 heterocycles. The van der Waals surface area contributed by atoms with Crippen molar-refractivity contribution < 1.29 is 9.53 Å². The monoisotopic (exact) mass is 283 g/mol. The molecule has 0 bridgehead atoms. The van der Waals surface area contributed by atoms with Crippen LogP contribution in [0.15, 0.2) is 48.5 Å².